The van der Waals surface area contributed by atoms with Gasteiger partial charge in [0.25, 0.3) is 0 Å². The van der Waals surface area contributed by atoms with Crippen molar-refractivity contribution in [1.82, 2.24) is 4.90 Å². The van der Waals surface area contributed by atoms with Crippen LogP contribution < -0.4 is 0 Å². The van der Waals surface area contributed by atoms with E-state index in [0.29, 0.717) is 6.42 Å². The van der Waals surface area contributed by atoms with E-state index >= 15 is 0 Å². The molecule has 1 rings (SSSR count). The molecule has 0 radical (unpaired) electrons. The summed E-state index contributed by atoms with van der Waals surface area (Å²) in [6.07, 6.45) is 5.42. The summed E-state index contributed by atoms with van der Waals surface area (Å²) >= 11 is 0. The van der Waals surface area contributed by atoms with E-state index in [2.05, 4.69) is 48.3 Å². The van der Waals surface area contributed by atoms with Crippen molar-refractivity contribution in [2.24, 2.45) is 0 Å². The van der Waals surface area contributed by atoms with Gasteiger partial charge in [-0.25, -0.2) is 0 Å². The number of benzene rings is 1. The minimum absolute atomic E-state index is 0.708. The van der Waals surface area contributed by atoms with E-state index in [4.69, 9.17) is 5.26 Å². The first-order valence-electron chi connectivity index (χ1n) is 6.42. The standard InChI is InChI=1S/C15H22N2/c1-17(13-9-4-2-3-8-12-16)14-15-10-6-5-7-11-15/h5-7,10-11H,2-4,8-9,13-14H2,1H3. The van der Waals surface area contributed by atoms with Crippen LogP contribution in [-0.4, -0.2) is 18.5 Å². The Morgan fingerprint density at radius 3 is 2.47 bits per heavy atom. The second-order valence-corrected chi connectivity index (χ2v) is 4.55. The zero-order chi connectivity index (χ0) is 12.3. The SMILES string of the molecule is CN(CCCCCCC#N)Cc1ccccc1. The first kappa shape index (κ1) is 13.7. The number of hydrogen-bond acceptors (Lipinski definition) is 2. The zero-order valence-corrected chi connectivity index (χ0v) is 10.7. The fourth-order valence-corrected chi connectivity index (χ4v) is 1.91. The van der Waals surface area contributed by atoms with E-state index < -0.39 is 0 Å². The van der Waals surface area contributed by atoms with Gasteiger partial charge in [0.15, 0.2) is 0 Å². The third-order valence-electron chi connectivity index (χ3n) is 2.87. The van der Waals surface area contributed by atoms with E-state index in [1.165, 1.54) is 24.8 Å². The summed E-state index contributed by atoms with van der Waals surface area (Å²) < 4.78 is 0. The second-order valence-electron chi connectivity index (χ2n) is 4.55. The van der Waals surface area contributed by atoms with Crippen molar-refractivity contribution in [1.29, 1.82) is 5.26 Å². The topological polar surface area (TPSA) is 27.0 Å². The lowest BCUT2D eigenvalue weighted by Crippen LogP contribution is -2.18. The van der Waals surface area contributed by atoms with Crippen LogP contribution in [0.2, 0.25) is 0 Å². The molecule has 0 atom stereocenters. The highest BCUT2D eigenvalue weighted by atomic mass is 15.1. The minimum atomic E-state index is 0.708. The molecule has 0 aromatic heterocycles. The zero-order valence-electron chi connectivity index (χ0n) is 10.7. The summed E-state index contributed by atoms with van der Waals surface area (Å²) in [5.74, 6) is 0. The van der Waals surface area contributed by atoms with E-state index in [-0.39, 0.29) is 0 Å². The third-order valence-corrected chi connectivity index (χ3v) is 2.87. The van der Waals surface area contributed by atoms with E-state index in [1.807, 2.05) is 0 Å². The van der Waals surface area contributed by atoms with Gasteiger partial charge in [-0.1, -0.05) is 43.2 Å². The van der Waals surface area contributed by atoms with Gasteiger partial charge in [-0.3, -0.25) is 0 Å². The molecule has 17 heavy (non-hydrogen) atoms. The quantitative estimate of drug-likeness (QED) is 0.638. The Morgan fingerprint density at radius 1 is 1.06 bits per heavy atom. The molecular formula is C15H22N2. The van der Waals surface area contributed by atoms with Crippen LogP contribution in [0.3, 0.4) is 0 Å². The summed E-state index contributed by atoms with van der Waals surface area (Å²) in [5.41, 5.74) is 1.37. The molecule has 2 heteroatoms. The Balaban J connectivity index is 2.06. The third kappa shape index (κ3) is 6.76. The van der Waals surface area contributed by atoms with E-state index in [1.54, 1.807) is 0 Å². The molecule has 92 valence electrons. The predicted molar refractivity (Wildman–Crippen MR) is 71.5 cm³/mol. The molecule has 0 saturated heterocycles. The molecule has 0 unspecified atom stereocenters. The summed E-state index contributed by atoms with van der Waals surface area (Å²) in [5, 5.41) is 8.42. The maximum absolute atomic E-state index is 8.42. The van der Waals surface area contributed by atoms with Gasteiger partial charge < -0.3 is 4.90 Å². The van der Waals surface area contributed by atoms with Crippen molar-refractivity contribution >= 4 is 0 Å². The van der Waals surface area contributed by atoms with Gasteiger partial charge in [0.1, 0.15) is 0 Å². The van der Waals surface area contributed by atoms with Gasteiger partial charge in [-0.15, -0.1) is 0 Å². The van der Waals surface area contributed by atoms with E-state index in [0.717, 1.165) is 19.5 Å². The van der Waals surface area contributed by atoms with Crippen LogP contribution in [0.4, 0.5) is 0 Å². The molecule has 0 N–H and O–H groups in total. The van der Waals surface area contributed by atoms with Crippen molar-refractivity contribution in [3.05, 3.63) is 35.9 Å². The van der Waals surface area contributed by atoms with Crippen LogP contribution in [0.5, 0.6) is 0 Å². The van der Waals surface area contributed by atoms with Crippen LogP contribution in [0.25, 0.3) is 0 Å². The maximum Gasteiger partial charge on any atom is 0.0621 e. The average molecular weight is 230 g/mol. The number of rotatable bonds is 8. The lowest BCUT2D eigenvalue weighted by Gasteiger charge is -2.16. The molecule has 0 aliphatic rings. The Kier molecular flexibility index (Phi) is 7.09. The average Bonchev–Trinajstić information content (AvgIpc) is 2.35. The van der Waals surface area contributed by atoms with Crippen LogP contribution in [0.1, 0.15) is 37.7 Å². The monoisotopic (exact) mass is 230 g/mol. The molecule has 0 aliphatic carbocycles. The highest BCUT2D eigenvalue weighted by molar-refractivity contribution is 5.14. The number of unbranched alkanes of at least 4 members (excludes halogenated alkanes) is 4. The van der Waals surface area contributed by atoms with Crippen molar-refractivity contribution in [3.8, 4) is 6.07 Å². The fourth-order valence-electron chi connectivity index (χ4n) is 1.91. The summed E-state index contributed by atoms with van der Waals surface area (Å²) in [4.78, 5) is 2.36. The molecule has 0 aliphatic heterocycles. The van der Waals surface area contributed by atoms with Crippen LogP contribution in [0.15, 0.2) is 30.3 Å². The highest BCUT2D eigenvalue weighted by Gasteiger charge is 1.99. The van der Waals surface area contributed by atoms with Gasteiger partial charge in [0.05, 0.1) is 6.07 Å². The molecule has 0 bridgehead atoms. The Labute approximate surface area is 105 Å². The van der Waals surface area contributed by atoms with Crippen molar-refractivity contribution in [3.63, 3.8) is 0 Å². The Hall–Kier alpha value is -1.33. The highest BCUT2D eigenvalue weighted by Crippen LogP contribution is 2.06. The van der Waals surface area contributed by atoms with Crippen molar-refractivity contribution in [2.45, 2.75) is 38.6 Å². The van der Waals surface area contributed by atoms with Gasteiger partial charge in [0, 0.05) is 13.0 Å². The molecule has 2 nitrogen and oxygen atoms in total. The van der Waals surface area contributed by atoms with Crippen LogP contribution in [0, 0.1) is 11.3 Å². The molecule has 0 heterocycles. The van der Waals surface area contributed by atoms with Gasteiger partial charge in [-0.2, -0.15) is 5.26 Å². The van der Waals surface area contributed by atoms with Gasteiger partial charge in [0.2, 0.25) is 0 Å². The summed E-state index contributed by atoms with van der Waals surface area (Å²) in [6.45, 7) is 2.17. The molecule has 0 fully saturated rings. The molecule has 0 amide bonds. The summed E-state index contributed by atoms with van der Waals surface area (Å²) in [7, 11) is 2.17. The first-order valence-corrected chi connectivity index (χ1v) is 6.42. The Morgan fingerprint density at radius 2 is 1.76 bits per heavy atom. The molecule has 1 aromatic carbocycles. The Bertz CT molecular complexity index is 327. The fraction of sp³-hybridized carbons (Fsp3) is 0.533. The van der Waals surface area contributed by atoms with Crippen molar-refractivity contribution in [2.75, 3.05) is 13.6 Å². The number of nitrogens with zero attached hydrogens (tertiary/aromatic N) is 2. The summed E-state index contributed by atoms with van der Waals surface area (Å²) in [6, 6.07) is 12.8. The van der Waals surface area contributed by atoms with E-state index in [9.17, 15) is 0 Å². The van der Waals surface area contributed by atoms with Crippen molar-refractivity contribution < 1.29 is 0 Å². The van der Waals surface area contributed by atoms with Crippen LogP contribution >= 0.6 is 0 Å². The smallest absolute Gasteiger partial charge is 0.0621 e. The predicted octanol–water partition coefficient (Wildman–Crippen LogP) is 3.59. The largest absolute Gasteiger partial charge is 0.302 e. The molecule has 1 aromatic rings. The second kappa shape index (κ2) is 8.78. The molecule has 0 spiro atoms. The molecular weight excluding hydrogens is 208 g/mol. The minimum Gasteiger partial charge on any atom is -0.302 e. The number of nitriles is 1. The van der Waals surface area contributed by atoms with Gasteiger partial charge >= 0.3 is 0 Å². The van der Waals surface area contributed by atoms with Crippen LogP contribution in [-0.2, 0) is 6.54 Å². The molecule has 0 saturated carbocycles. The maximum atomic E-state index is 8.42. The lowest BCUT2D eigenvalue weighted by molar-refractivity contribution is 0.317. The van der Waals surface area contributed by atoms with Gasteiger partial charge in [-0.05, 0) is 32.0 Å². The number of hydrogen-bond donors (Lipinski definition) is 0. The first-order chi connectivity index (χ1) is 8.33. The lowest BCUT2D eigenvalue weighted by atomic mass is 10.1. The normalized spacial score (nSPS) is 10.4.